The lowest BCUT2D eigenvalue weighted by atomic mass is 9.70. The molecule has 0 radical (unpaired) electrons. The van der Waals surface area contributed by atoms with Gasteiger partial charge in [-0.25, -0.2) is 0 Å². The Morgan fingerprint density at radius 3 is 1.64 bits per heavy atom. The molecule has 0 aromatic rings. The Labute approximate surface area is 166 Å². The molecule has 0 aromatic heterocycles. The predicted molar refractivity (Wildman–Crippen MR) is 117 cm³/mol. The van der Waals surface area contributed by atoms with Crippen molar-refractivity contribution in [2.24, 2.45) is 5.41 Å². The second kappa shape index (κ2) is 14.0. The summed E-state index contributed by atoms with van der Waals surface area (Å²) in [6.07, 6.45) is 15.4. The van der Waals surface area contributed by atoms with E-state index in [1.54, 1.807) is 0 Å². The third-order valence-electron chi connectivity index (χ3n) is 5.46. The number of alkyl halides is 1. The fourth-order valence-electron chi connectivity index (χ4n) is 3.54. The number of halogens is 1. The number of allylic oxidation sites excluding steroid dienone is 1. The molecule has 0 saturated heterocycles. The highest BCUT2D eigenvalue weighted by Crippen LogP contribution is 2.46. The molecule has 0 bridgehead atoms. The summed E-state index contributed by atoms with van der Waals surface area (Å²) in [5.74, 6) is 0.169. The number of rotatable bonds is 15. The number of carbonyl (C=O) groups is 1. The van der Waals surface area contributed by atoms with Crippen LogP contribution < -0.4 is 6.15 Å². The van der Waals surface area contributed by atoms with Gasteiger partial charge in [0.05, 0.1) is 4.32 Å². The van der Waals surface area contributed by atoms with E-state index in [2.05, 4.69) is 50.2 Å². The van der Waals surface area contributed by atoms with E-state index in [0.29, 0.717) is 5.57 Å². The van der Waals surface area contributed by atoms with Gasteiger partial charge in [-0.2, -0.15) is 0 Å². The topological polar surface area (TPSA) is 52.1 Å². The van der Waals surface area contributed by atoms with Crippen LogP contribution in [0.5, 0.6) is 0 Å². The Morgan fingerprint density at radius 1 is 0.880 bits per heavy atom. The summed E-state index contributed by atoms with van der Waals surface area (Å²) in [6, 6.07) is 0. The Hall–Kier alpha value is -0.150. The first-order valence-corrected chi connectivity index (χ1v) is 10.9. The molecule has 1 atom stereocenters. The van der Waals surface area contributed by atoms with Crippen molar-refractivity contribution in [3.8, 4) is 0 Å². The summed E-state index contributed by atoms with van der Waals surface area (Å²) in [4.78, 5) is 12.6. The van der Waals surface area contributed by atoms with Crippen LogP contribution in [-0.2, 0) is 4.79 Å². The van der Waals surface area contributed by atoms with Crippen molar-refractivity contribution in [2.75, 3.05) is 0 Å². The van der Waals surface area contributed by atoms with E-state index < -0.39 is 4.32 Å². The summed E-state index contributed by atoms with van der Waals surface area (Å²) < 4.78 is -0.467. The molecule has 0 aliphatic rings. The lowest BCUT2D eigenvalue weighted by molar-refractivity contribution is -0.120. The van der Waals surface area contributed by atoms with E-state index in [0.717, 1.165) is 12.8 Å². The average molecular weight is 419 g/mol. The molecule has 0 heterocycles. The number of hydrogen-bond donors (Lipinski definition) is 1. The van der Waals surface area contributed by atoms with E-state index in [-0.39, 0.29) is 17.3 Å². The van der Waals surface area contributed by atoms with Crippen LogP contribution in [-0.4, -0.2) is 10.1 Å². The monoisotopic (exact) mass is 417 g/mol. The molecule has 0 fully saturated rings. The first-order valence-electron chi connectivity index (χ1n) is 10.1. The number of Topliss-reactive ketones (excluding diaryl/α,β-unsaturated/α-hetero) is 1. The summed E-state index contributed by atoms with van der Waals surface area (Å²) in [6.45, 7) is 14.5. The molecule has 2 nitrogen and oxygen atoms in total. The smallest absolute Gasteiger partial charge is 0.175 e. The van der Waals surface area contributed by atoms with Crippen LogP contribution in [0.25, 0.3) is 0 Å². The molecule has 1 unspecified atom stereocenters. The molecule has 0 aliphatic carbocycles. The highest BCUT2D eigenvalue weighted by molar-refractivity contribution is 9.10. The highest BCUT2D eigenvalue weighted by atomic mass is 79.9. The molecule has 0 spiro atoms. The maximum Gasteiger partial charge on any atom is 0.175 e. The molecular formula is C22H44BrNO. The Morgan fingerprint density at radius 2 is 1.28 bits per heavy atom. The van der Waals surface area contributed by atoms with Crippen molar-refractivity contribution < 1.29 is 4.79 Å². The molecular weight excluding hydrogens is 374 g/mol. The molecule has 0 aromatic carbocycles. The maximum atomic E-state index is 12.6. The van der Waals surface area contributed by atoms with Gasteiger partial charge in [0.25, 0.3) is 0 Å². The third kappa shape index (κ3) is 9.38. The largest absolute Gasteiger partial charge is 0.344 e. The number of unbranched alkanes of at least 4 members (excludes halogenated alkanes) is 9. The fraction of sp³-hybridized carbons (Fsp3) is 0.864. The van der Waals surface area contributed by atoms with Crippen molar-refractivity contribution in [2.45, 2.75) is 116 Å². The molecule has 0 saturated carbocycles. The standard InChI is InChI=1S/C22H41BrO.H3N/c1-7-9-10-11-12-13-14-15-16-17-18-21(5,6)22(23,8-2)20(24)19(3)4;/h3,7-18H2,1-2,4-6H3;1H3. The number of hydrogen-bond acceptors (Lipinski definition) is 2. The van der Waals surface area contributed by atoms with Crippen LogP contribution in [0.1, 0.15) is 112 Å². The van der Waals surface area contributed by atoms with Gasteiger partial charge in [0.2, 0.25) is 0 Å². The summed E-state index contributed by atoms with van der Waals surface area (Å²) >= 11 is 3.79. The van der Waals surface area contributed by atoms with Gasteiger partial charge in [-0.05, 0) is 30.8 Å². The minimum atomic E-state index is -0.467. The third-order valence-corrected chi connectivity index (χ3v) is 7.46. The summed E-state index contributed by atoms with van der Waals surface area (Å²) in [5, 5.41) is 0. The molecule has 3 heteroatoms. The lowest BCUT2D eigenvalue weighted by Gasteiger charge is -2.41. The quantitative estimate of drug-likeness (QED) is 0.166. The van der Waals surface area contributed by atoms with Crippen molar-refractivity contribution in [1.29, 1.82) is 0 Å². The maximum absolute atomic E-state index is 12.6. The summed E-state index contributed by atoms with van der Waals surface area (Å²) in [5.41, 5.74) is 0.614. The SMILES string of the molecule is C=C(C)C(=O)C(Br)(CC)C(C)(C)CCCCCCCCCCCC.N. The zero-order chi connectivity index (χ0) is 18.6. The van der Waals surface area contributed by atoms with Crippen LogP contribution in [0.2, 0.25) is 0 Å². The Bertz CT molecular complexity index is 378. The van der Waals surface area contributed by atoms with Gasteiger partial charge in [0.1, 0.15) is 0 Å². The molecule has 0 aliphatic heterocycles. The normalized spacial score (nSPS) is 13.8. The number of ketones is 1. The average Bonchev–Trinajstić information content (AvgIpc) is 2.54. The molecule has 3 N–H and O–H groups in total. The van der Waals surface area contributed by atoms with E-state index in [4.69, 9.17) is 0 Å². The van der Waals surface area contributed by atoms with Gasteiger partial charge in [0, 0.05) is 0 Å². The van der Waals surface area contributed by atoms with Crippen LogP contribution in [0, 0.1) is 5.41 Å². The lowest BCUT2D eigenvalue weighted by Crippen LogP contribution is -2.46. The van der Waals surface area contributed by atoms with Gasteiger partial charge in [0.15, 0.2) is 5.78 Å². The van der Waals surface area contributed by atoms with E-state index >= 15 is 0 Å². The number of carbonyl (C=O) groups excluding carboxylic acids is 1. The minimum Gasteiger partial charge on any atom is -0.344 e. The van der Waals surface area contributed by atoms with Crippen LogP contribution in [0.3, 0.4) is 0 Å². The van der Waals surface area contributed by atoms with Gasteiger partial charge >= 0.3 is 0 Å². The second-order valence-corrected chi connectivity index (χ2v) is 9.43. The van der Waals surface area contributed by atoms with Gasteiger partial charge in [-0.15, -0.1) is 0 Å². The van der Waals surface area contributed by atoms with Gasteiger partial charge in [-0.1, -0.05) is 114 Å². The van der Waals surface area contributed by atoms with Crippen LogP contribution >= 0.6 is 15.9 Å². The zero-order valence-electron chi connectivity index (χ0n) is 17.7. The fourth-order valence-corrected chi connectivity index (χ4v) is 4.07. The summed E-state index contributed by atoms with van der Waals surface area (Å²) in [7, 11) is 0. The van der Waals surface area contributed by atoms with Crippen LogP contribution in [0.4, 0.5) is 0 Å². The highest BCUT2D eigenvalue weighted by Gasteiger charge is 2.46. The Balaban J connectivity index is 0. The van der Waals surface area contributed by atoms with Crippen LogP contribution in [0.15, 0.2) is 12.2 Å². The second-order valence-electron chi connectivity index (χ2n) is 8.08. The first-order chi connectivity index (χ1) is 11.2. The van der Waals surface area contributed by atoms with Crippen molar-refractivity contribution >= 4 is 21.7 Å². The Kier molecular flexibility index (Phi) is 15.1. The molecule has 25 heavy (non-hydrogen) atoms. The zero-order valence-corrected chi connectivity index (χ0v) is 19.3. The van der Waals surface area contributed by atoms with Crippen molar-refractivity contribution in [3.05, 3.63) is 12.2 Å². The van der Waals surface area contributed by atoms with Gasteiger partial charge in [-0.3, -0.25) is 4.79 Å². The predicted octanol–water partition coefficient (Wildman–Crippen LogP) is 8.17. The van der Waals surface area contributed by atoms with Crippen molar-refractivity contribution in [3.63, 3.8) is 0 Å². The van der Waals surface area contributed by atoms with Crippen molar-refractivity contribution in [1.82, 2.24) is 6.15 Å². The first kappa shape index (κ1) is 27.1. The van der Waals surface area contributed by atoms with E-state index in [1.165, 1.54) is 64.2 Å². The van der Waals surface area contributed by atoms with E-state index in [1.807, 2.05) is 6.92 Å². The molecule has 150 valence electrons. The molecule has 0 rings (SSSR count). The van der Waals surface area contributed by atoms with E-state index in [9.17, 15) is 4.79 Å². The minimum absolute atomic E-state index is 0. The van der Waals surface area contributed by atoms with Gasteiger partial charge < -0.3 is 6.15 Å². The molecule has 0 amide bonds.